The lowest BCUT2D eigenvalue weighted by atomic mass is 10.1. The predicted molar refractivity (Wildman–Crippen MR) is 233 cm³/mol. The van der Waals surface area contributed by atoms with Gasteiger partial charge in [0.15, 0.2) is 6.10 Å². The molecule has 0 aliphatic carbocycles. The standard InChI is InChI=1S/C49H86O6/c1-4-7-10-13-16-19-22-23-24-25-28-31-34-37-40-43-49(52)55-46(44-53-47(50)41-38-35-32-29-26-20-17-14-11-8-5-2)45-54-48(51)42-39-36-33-30-27-21-18-15-12-9-6-3/h14-19,23-24,46H,4-13,20-22,25-45H2,1-3H3/b17-14-,18-15-,19-16-,24-23-. The second-order valence-corrected chi connectivity index (χ2v) is 15.3. The number of allylic oxidation sites excluding steroid dienone is 8. The van der Waals surface area contributed by atoms with Crippen LogP contribution in [0.2, 0.25) is 0 Å². The van der Waals surface area contributed by atoms with E-state index in [1.165, 1.54) is 89.9 Å². The van der Waals surface area contributed by atoms with Crippen LogP contribution in [0.5, 0.6) is 0 Å². The fraction of sp³-hybridized carbons (Fsp3) is 0.776. The molecule has 0 saturated heterocycles. The Morgan fingerprint density at radius 1 is 0.364 bits per heavy atom. The molecule has 0 aliphatic heterocycles. The lowest BCUT2D eigenvalue weighted by Gasteiger charge is -2.18. The second-order valence-electron chi connectivity index (χ2n) is 15.3. The van der Waals surface area contributed by atoms with Crippen molar-refractivity contribution in [1.29, 1.82) is 0 Å². The summed E-state index contributed by atoms with van der Waals surface area (Å²) in [6.07, 6.45) is 50.9. The van der Waals surface area contributed by atoms with Gasteiger partial charge in [-0.15, -0.1) is 0 Å². The molecule has 0 unspecified atom stereocenters. The van der Waals surface area contributed by atoms with Crippen LogP contribution in [0.3, 0.4) is 0 Å². The minimum absolute atomic E-state index is 0.0860. The van der Waals surface area contributed by atoms with Gasteiger partial charge in [-0.25, -0.2) is 0 Å². The van der Waals surface area contributed by atoms with E-state index in [1.807, 2.05) is 0 Å². The predicted octanol–water partition coefficient (Wildman–Crippen LogP) is 14.8. The SMILES string of the molecule is CCCC/C=C\CCCCCCCC(=O)OCC(COC(=O)CCCCCCC/C=C\CCCC)OC(=O)CCCCCCC/C=C\C/C=C\CCCCC. The molecule has 6 heteroatoms. The van der Waals surface area contributed by atoms with Gasteiger partial charge in [0.1, 0.15) is 13.2 Å². The largest absolute Gasteiger partial charge is 0.462 e. The average molecular weight is 771 g/mol. The van der Waals surface area contributed by atoms with Gasteiger partial charge in [-0.2, -0.15) is 0 Å². The van der Waals surface area contributed by atoms with E-state index in [0.29, 0.717) is 19.3 Å². The first kappa shape index (κ1) is 52.4. The van der Waals surface area contributed by atoms with Crippen LogP contribution >= 0.6 is 0 Å². The molecule has 0 aromatic carbocycles. The first-order chi connectivity index (χ1) is 27.0. The van der Waals surface area contributed by atoms with E-state index in [-0.39, 0.29) is 31.1 Å². The molecule has 0 aromatic rings. The number of carbonyl (C=O) groups excluding carboxylic acids is 3. The van der Waals surface area contributed by atoms with Crippen molar-refractivity contribution in [2.45, 2.75) is 232 Å². The number of ether oxygens (including phenoxy) is 3. The lowest BCUT2D eigenvalue weighted by Crippen LogP contribution is -2.30. The van der Waals surface area contributed by atoms with Gasteiger partial charge in [0.05, 0.1) is 0 Å². The van der Waals surface area contributed by atoms with Crippen molar-refractivity contribution in [2.75, 3.05) is 13.2 Å². The molecular weight excluding hydrogens is 685 g/mol. The fourth-order valence-corrected chi connectivity index (χ4v) is 6.20. The fourth-order valence-electron chi connectivity index (χ4n) is 6.20. The summed E-state index contributed by atoms with van der Waals surface area (Å²) in [6.45, 7) is 6.50. The zero-order chi connectivity index (χ0) is 40.1. The van der Waals surface area contributed by atoms with Crippen LogP contribution in [0.25, 0.3) is 0 Å². The third-order valence-corrected chi connectivity index (χ3v) is 9.78. The van der Waals surface area contributed by atoms with Crippen LogP contribution in [0, 0.1) is 0 Å². The molecule has 6 nitrogen and oxygen atoms in total. The van der Waals surface area contributed by atoms with Crippen molar-refractivity contribution < 1.29 is 28.6 Å². The Morgan fingerprint density at radius 2 is 0.673 bits per heavy atom. The number of carbonyl (C=O) groups is 3. The summed E-state index contributed by atoms with van der Waals surface area (Å²) in [5, 5.41) is 0. The van der Waals surface area contributed by atoms with Crippen LogP contribution in [-0.2, 0) is 28.6 Å². The summed E-state index contributed by atoms with van der Waals surface area (Å²) in [4.78, 5) is 37.7. The van der Waals surface area contributed by atoms with Gasteiger partial charge in [-0.05, 0) is 89.9 Å². The lowest BCUT2D eigenvalue weighted by molar-refractivity contribution is -0.167. The molecule has 0 saturated carbocycles. The quantitative estimate of drug-likeness (QED) is 0.0267. The molecule has 0 heterocycles. The zero-order valence-electron chi connectivity index (χ0n) is 36.2. The third-order valence-electron chi connectivity index (χ3n) is 9.78. The maximum Gasteiger partial charge on any atom is 0.306 e. The molecule has 0 fully saturated rings. The van der Waals surface area contributed by atoms with Crippen LogP contribution in [0.1, 0.15) is 226 Å². The molecule has 0 aromatic heterocycles. The summed E-state index contributed by atoms with van der Waals surface area (Å²) in [5.74, 6) is -0.920. The van der Waals surface area contributed by atoms with Gasteiger partial charge < -0.3 is 14.2 Å². The molecule has 0 atom stereocenters. The van der Waals surface area contributed by atoms with Gasteiger partial charge in [-0.3, -0.25) is 14.4 Å². The summed E-state index contributed by atoms with van der Waals surface area (Å²) < 4.78 is 16.7. The Balaban J connectivity index is 4.42. The molecule has 0 radical (unpaired) electrons. The van der Waals surface area contributed by atoms with E-state index in [1.54, 1.807) is 0 Å². The smallest absolute Gasteiger partial charge is 0.306 e. The molecule has 0 aliphatic rings. The molecule has 0 bridgehead atoms. The Morgan fingerprint density at radius 3 is 1.07 bits per heavy atom. The maximum absolute atomic E-state index is 12.7. The first-order valence-corrected chi connectivity index (χ1v) is 23.1. The van der Waals surface area contributed by atoms with Crippen LogP contribution in [-0.4, -0.2) is 37.2 Å². The minimum Gasteiger partial charge on any atom is -0.462 e. The van der Waals surface area contributed by atoms with E-state index in [2.05, 4.69) is 69.4 Å². The van der Waals surface area contributed by atoms with Crippen LogP contribution in [0.4, 0.5) is 0 Å². The summed E-state index contributed by atoms with van der Waals surface area (Å²) in [5.41, 5.74) is 0. The molecular formula is C49H86O6. The second kappa shape index (κ2) is 44.1. The van der Waals surface area contributed by atoms with E-state index in [4.69, 9.17) is 14.2 Å². The first-order valence-electron chi connectivity index (χ1n) is 23.1. The number of unbranched alkanes of at least 4 members (excludes halogenated alkanes) is 22. The van der Waals surface area contributed by atoms with E-state index >= 15 is 0 Å². The molecule has 0 spiro atoms. The monoisotopic (exact) mass is 771 g/mol. The van der Waals surface area contributed by atoms with Crippen LogP contribution < -0.4 is 0 Å². The molecule has 0 amide bonds. The van der Waals surface area contributed by atoms with Crippen LogP contribution in [0.15, 0.2) is 48.6 Å². The van der Waals surface area contributed by atoms with Crippen molar-refractivity contribution in [1.82, 2.24) is 0 Å². The number of rotatable bonds is 41. The van der Waals surface area contributed by atoms with Crippen molar-refractivity contribution in [3.05, 3.63) is 48.6 Å². The topological polar surface area (TPSA) is 78.9 Å². The van der Waals surface area contributed by atoms with Crippen molar-refractivity contribution in [2.24, 2.45) is 0 Å². The van der Waals surface area contributed by atoms with Gasteiger partial charge in [0.2, 0.25) is 0 Å². The number of hydrogen-bond donors (Lipinski definition) is 0. The molecule has 55 heavy (non-hydrogen) atoms. The Labute approximate surface area is 339 Å². The van der Waals surface area contributed by atoms with E-state index in [0.717, 1.165) is 96.3 Å². The van der Waals surface area contributed by atoms with Crippen molar-refractivity contribution >= 4 is 17.9 Å². The number of hydrogen-bond acceptors (Lipinski definition) is 6. The Kier molecular flexibility index (Phi) is 42.0. The normalized spacial score (nSPS) is 11.9. The highest BCUT2D eigenvalue weighted by Gasteiger charge is 2.19. The summed E-state index contributed by atoms with van der Waals surface area (Å²) >= 11 is 0. The summed E-state index contributed by atoms with van der Waals surface area (Å²) in [7, 11) is 0. The average Bonchev–Trinajstić information content (AvgIpc) is 3.18. The van der Waals surface area contributed by atoms with Crippen molar-refractivity contribution in [3.63, 3.8) is 0 Å². The van der Waals surface area contributed by atoms with E-state index < -0.39 is 6.10 Å². The molecule has 0 N–H and O–H groups in total. The highest BCUT2D eigenvalue weighted by molar-refractivity contribution is 5.71. The zero-order valence-corrected chi connectivity index (χ0v) is 36.2. The van der Waals surface area contributed by atoms with Gasteiger partial charge in [-0.1, -0.05) is 166 Å². The van der Waals surface area contributed by atoms with Gasteiger partial charge in [0, 0.05) is 19.3 Å². The highest BCUT2D eigenvalue weighted by atomic mass is 16.6. The Hall–Kier alpha value is -2.63. The summed E-state index contributed by atoms with van der Waals surface area (Å²) in [6, 6.07) is 0. The maximum atomic E-state index is 12.7. The molecule has 318 valence electrons. The molecule has 0 rings (SSSR count). The third kappa shape index (κ3) is 42.4. The van der Waals surface area contributed by atoms with E-state index in [9.17, 15) is 14.4 Å². The van der Waals surface area contributed by atoms with Gasteiger partial charge >= 0.3 is 17.9 Å². The minimum atomic E-state index is -0.783. The highest BCUT2D eigenvalue weighted by Crippen LogP contribution is 2.13. The number of esters is 3. The Bertz CT molecular complexity index is 932. The van der Waals surface area contributed by atoms with Crippen molar-refractivity contribution in [3.8, 4) is 0 Å². The van der Waals surface area contributed by atoms with Gasteiger partial charge in [0.25, 0.3) is 0 Å².